The number of amides is 1. The molecule has 0 saturated heterocycles. The van der Waals surface area contributed by atoms with Crippen molar-refractivity contribution in [1.82, 2.24) is 0 Å². The summed E-state index contributed by atoms with van der Waals surface area (Å²) in [5.74, 6) is 0.720. The van der Waals surface area contributed by atoms with E-state index in [1.807, 2.05) is 6.92 Å². The van der Waals surface area contributed by atoms with Crippen molar-refractivity contribution in [2.45, 2.75) is 6.92 Å². The summed E-state index contributed by atoms with van der Waals surface area (Å²) in [5.41, 5.74) is 1.16. The Morgan fingerprint density at radius 3 is 2.05 bits per heavy atom. The van der Waals surface area contributed by atoms with Gasteiger partial charge in [-0.1, -0.05) is 15.9 Å². The number of benzene rings is 2. The maximum Gasteiger partial charge on any atom is 0.416 e. The van der Waals surface area contributed by atoms with Crippen molar-refractivity contribution in [3.05, 3.63) is 53.0 Å². The molecular weight excluding hydrogens is 322 g/mol. The monoisotopic (exact) mass is 335 g/mol. The summed E-state index contributed by atoms with van der Waals surface area (Å²) >= 11 is 3.33. The van der Waals surface area contributed by atoms with Crippen LogP contribution in [0.2, 0.25) is 0 Å². The molecule has 0 aliphatic rings. The third kappa shape index (κ3) is 3.30. The van der Waals surface area contributed by atoms with Gasteiger partial charge in [0.2, 0.25) is 0 Å². The smallest absolute Gasteiger partial charge is 0.416 e. The van der Waals surface area contributed by atoms with E-state index < -0.39 is 6.09 Å². The van der Waals surface area contributed by atoms with Gasteiger partial charge in [0.1, 0.15) is 5.75 Å². The number of anilines is 2. The Labute approximate surface area is 125 Å². The topological polar surface area (TPSA) is 49.8 Å². The van der Waals surface area contributed by atoms with Crippen molar-refractivity contribution in [3.8, 4) is 5.75 Å². The molecule has 0 bridgehead atoms. The van der Waals surface area contributed by atoms with E-state index in [4.69, 9.17) is 4.74 Å². The first-order chi connectivity index (χ1) is 9.61. The van der Waals surface area contributed by atoms with E-state index in [2.05, 4.69) is 15.9 Å². The molecule has 0 aliphatic heterocycles. The first-order valence-corrected chi connectivity index (χ1v) is 6.92. The molecule has 2 aromatic rings. The van der Waals surface area contributed by atoms with E-state index >= 15 is 0 Å². The Bertz CT molecular complexity index is 581. The molecular formula is C15H14BrNO3. The van der Waals surface area contributed by atoms with Gasteiger partial charge in [0.05, 0.1) is 18.0 Å². The molecule has 1 N–H and O–H groups in total. The maximum atomic E-state index is 11.5. The van der Waals surface area contributed by atoms with E-state index in [9.17, 15) is 9.90 Å². The van der Waals surface area contributed by atoms with Gasteiger partial charge in [-0.15, -0.1) is 0 Å². The second-order valence-corrected chi connectivity index (χ2v) is 4.94. The van der Waals surface area contributed by atoms with Crippen molar-refractivity contribution in [3.63, 3.8) is 0 Å². The third-order valence-electron chi connectivity index (χ3n) is 2.68. The second-order valence-electron chi connectivity index (χ2n) is 4.02. The highest BCUT2D eigenvalue weighted by Gasteiger charge is 2.16. The van der Waals surface area contributed by atoms with Crippen LogP contribution in [-0.2, 0) is 0 Å². The van der Waals surface area contributed by atoms with Crippen LogP contribution in [0.4, 0.5) is 16.2 Å². The molecule has 2 rings (SSSR count). The number of hydrogen-bond acceptors (Lipinski definition) is 2. The average Bonchev–Trinajstić information content (AvgIpc) is 2.43. The van der Waals surface area contributed by atoms with Crippen LogP contribution >= 0.6 is 15.9 Å². The maximum absolute atomic E-state index is 11.5. The summed E-state index contributed by atoms with van der Waals surface area (Å²) in [6.45, 7) is 2.48. The molecule has 1 amide bonds. The van der Waals surface area contributed by atoms with Gasteiger partial charge in [-0.25, -0.2) is 9.69 Å². The zero-order chi connectivity index (χ0) is 14.5. The molecule has 0 radical (unpaired) electrons. The minimum absolute atomic E-state index is 0.572. The van der Waals surface area contributed by atoms with Crippen molar-refractivity contribution in [1.29, 1.82) is 0 Å². The zero-order valence-corrected chi connectivity index (χ0v) is 12.5. The van der Waals surface area contributed by atoms with Crippen LogP contribution in [0.5, 0.6) is 5.75 Å². The van der Waals surface area contributed by atoms with Crippen molar-refractivity contribution >= 4 is 33.4 Å². The van der Waals surface area contributed by atoms with Crippen LogP contribution in [0, 0.1) is 0 Å². The number of ether oxygens (including phenoxy) is 1. The molecule has 0 aliphatic carbocycles. The fourth-order valence-electron chi connectivity index (χ4n) is 1.82. The van der Waals surface area contributed by atoms with Gasteiger partial charge < -0.3 is 9.84 Å². The predicted octanol–water partition coefficient (Wildman–Crippen LogP) is 4.66. The van der Waals surface area contributed by atoms with Gasteiger partial charge in [-0.3, -0.25) is 0 Å². The lowest BCUT2D eigenvalue weighted by Gasteiger charge is -2.19. The van der Waals surface area contributed by atoms with Crippen LogP contribution in [0.25, 0.3) is 0 Å². The summed E-state index contributed by atoms with van der Waals surface area (Å²) in [4.78, 5) is 12.7. The molecule has 20 heavy (non-hydrogen) atoms. The fraction of sp³-hybridized carbons (Fsp3) is 0.133. The number of halogens is 1. The molecule has 5 heteroatoms. The largest absolute Gasteiger partial charge is 0.494 e. The normalized spacial score (nSPS) is 10.1. The van der Waals surface area contributed by atoms with Crippen LogP contribution in [0.1, 0.15) is 6.92 Å². The zero-order valence-electron chi connectivity index (χ0n) is 10.9. The molecule has 4 nitrogen and oxygen atoms in total. The van der Waals surface area contributed by atoms with Crippen LogP contribution < -0.4 is 9.64 Å². The average molecular weight is 336 g/mol. The third-order valence-corrected chi connectivity index (χ3v) is 3.21. The number of rotatable bonds is 4. The Balaban J connectivity index is 2.33. The number of carboxylic acid groups (broad SMARTS) is 1. The highest BCUT2D eigenvalue weighted by atomic mass is 79.9. The minimum Gasteiger partial charge on any atom is -0.494 e. The first kappa shape index (κ1) is 14.4. The summed E-state index contributed by atoms with van der Waals surface area (Å²) in [6, 6.07) is 14.1. The van der Waals surface area contributed by atoms with Gasteiger partial charge in [0.25, 0.3) is 0 Å². The van der Waals surface area contributed by atoms with Gasteiger partial charge in [0, 0.05) is 4.47 Å². The van der Waals surface area contributed by atoms with E-state index in [-0.39, 0.29) is 0 Å². The quantitative estimate of drug-likeness (QED) is 0.883. The molecule has 0 unspecified atom stereocenters. The van der Waals surface area contributed by atoms with Gasteiger partial charge in [0.15, 0.2) is 0 Å². The van der Waals surface area contributed by atoms with Crippen LogP contribution in [0.15, 0.2) is 53.0 Å². The lowest BCUT2D eigenvalue weighted by molar-refractivity contribution is 0.205. The number of hydrogen-bond donors (Lipinski definition) is 1. The molecule has 0 fully saturated rings. The minimum atomic E-state index is -1.03. The summed E-state index contributed by atoms with van der Waals surface area (Å²) in [5, 5.41) is 9.41. The Kier molecular flexibility index (Phi) is 4.63. The van der Waals surface area contributed by atoms with E-state index in [0.29, 0.717) is 18.0 Å². The molecule has 0 spiro atoms. The molecule has 0 saturated carbocycles. The first-order valence-electron chi connectivity index (χ1n) is 6.13. The number of carbonyl (C=O) groups is 1. The summed E-state index contributed by atoms with van der Waals surface area (Å²) in [6.07, 6.45) is -1.03. The van der Waals surface area contributed by atoms with Crippen molar-refractivity contribution in [2.75, 3.05) is 11.5 Å². The van der Waals surface area contributed by atoms with E-state index in [0.717, 1.165) is 10.2 Å². The highest BCUT2D eigenvalue weighted by molar-refractivity contribution is 9.10. The molecule has 0 aromatic heterocycles. The fourth-order valence-corrected chi connectivity index (χ4v) is 2.08. The lowest BCUT2D eigenvalue weighted by Crippen LogP contribution is -2.23. The Hall–Kier alpha value is -2.01. The highest BCUT2D eigenvalue weighted by Crippen LogP contribution is 2.28. The van der Waals surface area contributed by atoms with Crippen molar-refractivity contribution < 1.29 is 14.6 Å². The van der Waals surface area contributed by atoms with Crippen LogP contribution in [0.3, 0.4) is 0 Å². The van der Waals surface area contributed by atoms with Gasteiger partial charge >= 0.3 is 6.09 Å². The standard InChI is InChI=1S/C15H14BrNO3/c1-2-20-14-9-7-13(8-10-14)17(15(18)19)12-5-3-11(16)4-6-12/h3-10H,2H2,1H3,(H,18,19). The van der Waals surface area contributed by atoms with Gasteiger partial charge in [-0.05, 0) is 55.5 Å². The summed E-state index contributed by atoms with van der Waals surface area (Å²) < 4.78 is 6.25. The number of nitrogens with zero attached hydrogens (tertiary/aromatic N) is 1. The Morgan fingerprint density at radius 2 is 1.60 bits per heavy atom. The lowest BCUT2D eigenvalue weighted by atomic mass is 10.2. The van der Waals surface area contributed by atoms with Crippen molar-refractivity contribution in [2.24, 2.45) is 0 Å². The molecule has 0 heterocycles. The Morgan fingerprint density at radius 1 is 1.10 bits per heavy atom. The van der Waals surface area contributed by atoms with E-state index in [1.54, 1.807) is 48.5 Å². The molecule has 0 atom stereocenters. The van der Waals surface area contributed by atoms with E-state index in [1.165, 1.54) is 4.90 Å². The SMILES string of the molecule is CCOc1ccc(N(C(=O)O)c2ccc(Br)cc2)cc1. The van der Waals surface area contributed by atoms with Gasteiger partial charge in [-0.2, -0.15) is 0 Å². The predicted molar refractivity (Wildman–Crippen MR) is 81.9 cm³/mol. The molecule has 104 valence electrons. The van der Waals surface area contributed by atoms with Crippen LogP contribution in [-0.4, -0.2) is 17.8 Å². The molecule has 2 aromatic carbocycles. The second kappa shape index (κ2) is 6.43. The summed E-state index contributed by atoms with van der Waals surface area (Å²) in [7, 11) is 0.